The highest BCUT2D eigenvalue weighted by atomic mass is 16.5. The first-order valence-corrected chi connectivity index (χ1v) is 7.25. The molecule has 2 rings (SSSR count). The molecular weight excluding hydrogens is 198 g/mol. The zero-order chi connectivity index (χ0) is 11.2. The number of hydrogen-bond acceptors (Lipinski definition) is 2. The first kappa shape index (κ1) is 12.4. The summed E-state index contributed by atoms with van der Waals surface area (Å²) in [5.41, 5.74) is 0. The second-order valence-electron chi connectivity index (χ2n) is 5.49. The first-order valence-electron chi connectivity index (χ1n) is 7.25. The number of hydrogen-bond donors (Lipinski definition) is 1. The lowest BCUT2D eigenvalue weighted by Crippen LogP contribution is -2.43. The Morgan fingerprint density at radius 1 is 1.25 bits per heavy atom. The van der Waals surface area contributed by atoms with Gasteiger partial charge in [0, 0.05) is 12.6 Å². The van der Waals surface area contributed by atoms with E-state index in [1.165, 1.54) is 51.4 Å². The summed E-state index contributed by atoms with van der Waals surface area (Å²) in [5.74, 6) is 1.05. The molecule has 0 bridgehead atoms. The maximum absolute atomic E-state index is 5.93. The van der Waals surface area contributed by atoms with Crippen molar-refractivity contribution in [3.8, 4) is 0 Å². The third-order valence-electron chi connectivity index (χ3n) is 3.90. The van der Waals surface area contributed by atoms with Gasteiger partial charge in [-0.3, -0.25) is 0 Å². The van der Waals surface area contributed by atoms with E-state index in [0.29, 0.717) is 12.1 Å². The van der Waals surface area contributed by atoms with E-state index in [0.717, 1.165) is 19.1 Å². The van der Waals surface area contributed by atoms with E-state index >= 15 is 0 Å². The maximum Gasteiger partial charge on any atom is 0.0728 e. The van der Waals surface area contributed by atoms with Crippen molar-refractivity contribution in [3.05, 3.63) is 0 Å². The minimum Gasteiger partial charge on any atom is -0.377 e. The third-order valence-corrected chi connectivity index (χ3v) is 3.90. The van der Waals surface area contributed by atoms with Crippen LogP contribution in [-0.2, 0) is 4.74 Å². The molecule has 94 valence electrons. The van der Waals surface area contributed by atoms with Gasteiger partial charge in [0.25, 0.3) is 0 Å². The number of nitrogens with one attached hydrogen (secondary N) is 1. The molecule has 2 aliphatic rings. The SMILES string of the molecule is CCCNC(CCC1CC1)C1CCCCO1. The molecule has 0 amide bonds. The molecule has 1 aliphatic carbocycles. The standard InChI is InChI=1S/C14H27NO/c1-2-10-15-13(9-8-12-6-7-12)14-5-3-4-11-16-14/h12-15H,2-11H2,1H3. The topological polar surface area (TPSA) is 21.3 Å². The molecule has 2 heteroatoms. The van der Waals surface area contributed by atoms with E-state index in [4.69, 9.17) is 4.74 Å². The summed E-state index contributed by atoms with van der Waals surface area (Å²) in [7, 11) is 0. The lowest BCUT2D eigenvalue weighted by molar-refractivity contribution is -0.00986. The van der Waals surface area contributed by atoms with Gasteiger partial charge in [-0.05, 0) is 51.0 Å². The lowest BCUT2D eigenvalue weighted by Gasteiger charge is -2.31. The third kappa shape index (κ3) is 4.06. The van der Waals surface area contributed by atoms with Crippen LogP contribution in [-0.4, -0.2) is 25.3 Å². The van der Waals surface area contributed by atoms with Crippen LogP contribution in [0.2, 0.25) is 0 Å². The van der Waals surface area contributed by atoms with Crippen LogP contribution in [0.4, 0.5) is 0 Å². The van der Waals surface area contributed by atoms with Gasteiger partial charge in [0.15, 0.2) is 0 Å². The van der Waals surface area contributed by atoms with E-state index in [1.807, 2.05) is 0 Å². The Morgan fingerprint density at radius 2 is 2.12 bits per heavy atom. The maximum atomic E-state index is 5.93. The first-order chi connectivity index (χ1) is 7.90. The average Bonchev–Trinajstić information content (AvgIpc) is 3.14. The molecule has 0 aromatic rings. The van der Waals surface area contributed by atoms with E-state index in [1.54, 1.807) is 0 Å². The molecular formula is C14H27NO. The summed E-state index contributed by atoms with van der Waals surface area (Å²) in [5, 5.41) is 3.70. The Bertz CT molecular complexity index is 185. The van der Waals surface area contributed by atoms with Gasteiger partial charge >= 0.3 is 0 Å². The minimum atomic E-state index is 0.499. The molecule has 1 N–H and O–H groups in total. The van der Waals surface area contributed by atoms with E-state index in [2.05, 4.69) is 12.2 Å². The highest BCUT2D eigenvalue weighted by Gasteiger charge is 2.27. The zero-order valence-electron chi connectivity index (χ0n) is 10.7. The van der Waals surface area contributed by atoms with Crippen LogP contribution in [0.5, 0.6) is 0 Å². The van der Waals surface area contributed by atoms with Crippen molar-refractivity contribution < 1.29 is 4.74 Å². The Kier molecular flexibility index (Phi) is 5.11. The summed E-state index contributed by atoms with van der Waals surface area (Å²) in [6.45, 7) is 4.38. The fourth-order valence-corrected chi connectivity index (χ4v) is 2.65. The smallest absolute Gasteiger partial charge is 0.0728 e. The molecule has 16 heavy (non-hydrogen) atoms. The minimum absolute atomic E-state index is 0.499. The van der Waals surface area contributed by atoms with Gasteiger partial charge in [-0.15, -0.1) is 0 Å². The van der Waals surface area contributed by atoms with Crippen molar-refractivity contribution in [1.82, 2.24) is 5.32 Å². The predicted molar refractivity (Wildman–Crippen MR) is 67.6 cm³/mol. The van der Waals surface area contributed by atoms with Crippen LogP contribution in [0.25, 0.3) is 0 Å². The average molecular weight is 225 g/mol. The summed E-state index contributed by atoms with van der Waals surface area (Å²) in [6.07, 6.45) is 11.3. The second kappa shape index (κ2) is 6.61. The molecule has 0 spiro atoms. The Morgan fingerprint density at radius 3 is 2.75 bits per heavy atom. The van der Waals surface area contributed by atoms with E-state index < -0.39 is 0 Å². The Hall–Kier alpha value is -0.0800. The molecule has 1 saturated carbocycles. The van der Waals surface area contributed by atoms with Gasteiger partial charge in [0.05, 0.1) is 6.10 Å². The van der Waals surface area contributed by atoms with Crippen LogP contribution in [0.1, 0.15) is 58.3 Å². The highest BCUT2D eigenvalue weighted by Crippen LogP contribution is 2.34. The Balaban J connectivity index is 1.73. The van der Waals surface area contributed by atoms with Crippen molar-refractivity contribution in [2.45, 2.75) is 70.4 Å². The summed E-state index contributed by atoms with van der Waals surface area (Å²) in [6, 6.07) is 0.626. The van der Waals surface area contributed by atoms with Crippen LogP contribution >= 0.6 is 0 Å². The molecule has 1 aliphatic heterocycles. The monoisotopic (exact) mass is 225 g/mol. The molecule has 1 saturated heterocycles. The summed E-state index contributed by atoms with van der Waals surface area (Å²) >= 11 is 0. The van der Waals surface area contributed by atoms with Crippen LogP contribution in [0, 0.1) is 5.92 Å². The zero-order valence-corrected chi connectivity index (χ0v) is 10.7. The lowest BCUT2D eigenvalue weighted by atomic mass is 9.97. The van der Waals surface area contributed by atoms with Gasteiger partial charge in [0.1, 0.15) is 0 Å². The van der Waals surface area contributed by atoms with Crippen molar-refractivity contribution in [1.29, 1.82) is 0 Å². The largest absolute Gasteiger partial charge is 0.377 e. The fourth-order valence-electron chi connectivity index (χ4n) is 2.65. The number of rotatable bonds is 7. The van der Waals surface area contributed by atoms with Crippen LogP contribution < -0.4 is 5.32 Å². The fraction of sp³-hybridized carbons (Fsp3) is 1.00. The van der Waals surface area contributed by atoms with Gasteiger partial charge in [0.2, 0.25) is 0 Å². The van der Waals surface area contributed by atoms with Crippen molar-refractivity contribution in [2.24, 2.45) is 5.92 Å². The molecule has 0 aromatic carbocycles. The molecule has 0 aromatic heterocycles. The summed E-state index contributed by atoms with van der Waals surface area (Å²) in [4.78, 5) is 0. The number of ether oxygens (including phenoxy) is 1. The Labute approximate surface area is 100 Å². The predicted octanol–water partition coefficient (Wildman–Crippen LogP) is 3.11. The molecule has 2 fully saturated rings. The van der Waals surface area contributed by atoms with Crippen LogP contribution in [0.3, 0.4) is 0 Å². The van der Waals surface area contributed by atoms with Crippen LogP contribution in [0.15, 0.2) is 0 Å². The van der Waals surface area contributed by atoms with Gasteiger partial charge in [-0.2, -0.15) is 0 Å². The van der Waals surface area contributed by atoms with Gasteiger partial charge in [-0.25, -0.2) is 0 Å². The normalized spacial score (nSPS) is 27.9. The second-order valence-corrected chi connectivity index (χ2v) is 5.49. The molecule has 1 heterocycles. The molecule has 2 unspecified atom stereocenters. The van der Waals surface area contributed by atoms with Gasteiger partial charge in [-0.1, -0.05) is 19.8 Å². The van der Waals surface area contributed by atoms with Crippen molar-refractivity contribution in [2.75, 3.05) is 13.2 Å². The van der Waals surface area contributed by atoms with Crippen molar-refractivity contribution >= 4 is 0 Å². The van der Waals surface area contributed by atoms with E-state index in [-0.39, 0.29) is 0 Å². The highest BCUT2D eigenvalue weighted by molar-refractivity contribution is 4.82. The van der Waals surface area contributed by atoms with Gasteiger partial charge < -0.3 is 10.1 Å². The van der Waals surface area contributed by atoms with Crippen molar-refractivity contribution in [3.63, 3.8) is 0 Å². The molecule has 0 radical (unpaired) electrons. The summed E-state index contributed by atoms with van der Waals surface area (Å²) < 4.78 is 5.93. The molecule has 2 nitrogen and oxygen atoms in total. The van der Waals surface area contributed by atoms with E-state index in [9.17, 15) is 0 Å². The quantitative estimate of drug-likeness (QED) is 0.719. The molecule has 2 atom stereocenters.